The smallest absolute Gasteiger partial charge is 0.165 e. The molecule has 2 N–H and O–H groups in total. The van der Waals surface area contributed by atoms with Crippen LogP contribution in [0.5, 0.6) is 5.75 Å². The molecule has 2 nitrogen and oxygen atoms in total. The fraction of sp³-hybridized carbons (Fsp3) is 0.412. The number of halogens is 1. The molecule has 0 radical (unpaired) electrons. The molecule has 0 bridgehead atoms. The number of hydrogen-bond donors (Lipinski definition) is 1. The molecule has 0 aliphatic carbocycles. The zero-order valence-corrected chi connectivity index (χ0v) is 13.4. The van der Waals surface area contributed by atoms with Crippen LogP contribution in [0.1, 0.15) is 35.6 Å². The summed E-state index contributed by atoms with van der Waals surface area (Å²) >= 11 is 1.71. The zero-order valence-electron chi connectivity index (χ0n) is 12.6. The first-order valence-corrected chi connectivity index (χ1v) is 8.18. The van der Waals surface area contributed by atoms with Crippen LogP contribution >= 0.6 is 11.3 Å². The number of aryl methyl sites for hydroxylation is 1. The summed E-state index contributed by atoms with van der Waals surface area (Å²) in [4.78, 5) is 2.43. The molecule has 114 valence electrons. The third kappa shape index (κ3) is 4.55. The summed E-state index contributed by atoms with van der Waals surface area (Å²) in [6, 6.07) is 9.32. The van der Waals surface area contributed by atoms with Crippen LogP contribution < -0.4 is 10.5 Å². The maximum Gasteiger partial charge on any atom is 0.165 e. The van der Waals surface area contributed by atoms with Crippen molar-refractivity contribution in [2.45, 2.75) is 45.8 Å². The zero-order chi connectivity index (χ0) is 15.2. The number of rotatable bonds is 7. The topological polar surface area (TPSA) is 35.2 Å². The van der Waals surface area contributed by atoms with Crippen molar-refractivity contribution in [1.82, 2.24) is 0 Å². The van der Waals surface area contributed by atoms with E-state index in [1.165, 1.54) is 10.9 Å². The number of ether oxygens (including phenoxy) is 1. The van der Waals surface area contributed by atoms with Crippen molar-refractivity contribution in [3.63, 3.8) is 0 Å². The summed E-state index contributed by atoms with van der Waals surface area (Å²) in [6.07, 6.45) is 2.60. The van der Waals surface area contributed by atoms with Crippen molar-refractivity contribution >= 4 is 11.3 Å². The lowest BCUT2D eigenvalue weighted by atomic mass is 10.0. The van der Waals surface area contributed by atoms with Gasteiger partial charge in [0, 0.05) is 15.8 Å². The normalized spacial score (nSPS) is 12.4. The summed E-state index contributed by atoms with van der Waals surface area (Å²) in [6.45, 7) is 4.56. The highest BCUT2D eigenvalue weighted by Crippen LogP contribution is 2.23. The lowest BCUT2D eigenvalue weighted by molar-refractivity contribution is 0.293. The van der Waals surface area contributed by atoms with Gasteiger partial charge in [-0.15, -0.1) is 11.3 Å². The van der Waals surface area contributed by atoms with Crippen molar-refractivity contribution in [3.8, 4) is 5.75 Å². The maximum atomic E-state index is 14.0. The van der Waals surface area contributed by atoms with Crippen molar-refractivity contribution in [2.75, 3.05) is 0 Å². The Labute approximate surface area is 129 Å². The number of benzene rings is 1. The summed E-state index contributed by atoms with van der Waals surface area (Å²) in [7, 11) is 0. The molecule has 0 fully saturated rings. The van der Waals surface area contributed by atoms with E-state index in [2.05, 4.69) is 13.0 Å². The van der Waals surface area contributed by atoms with Gasteiger partial charge in [0.25, 0.3) is 0 Å². The highest BCUT2D eigenvalue weighted by atomic mass is 32.1. The Hall–Kier alpha value is -1.39. The van der Waals surface area contributed by atoms with Crippen LogP contribution in [0.2, 0.25) is 0 Å². The van der Waals surface area contributed by atoms with Crippen LogP contribution in [0.3, 0.4) is 0 Å². The molecule has 21 heavy (non-hydrogen) atoms. The Bertz CT molecular complexity index is 582. The Morgan fingerprint density at radius 1 is 1.19 bits per heavy atom. The third-order valence-electron chi connectivity index (χ3n) is 3.45. The highest BCUT2D eigenvalue weighted by molar-refractivity contribution is 7.11. The molecule has 0 aliphatic heterocycles. The predicted molar refractivity (Wildman–Crippen MR) is 86.4 cm³/mol. The summed E-state index contributed by atoms with van der Waals surface area (Å²) < 4.78 is 19.6. The highest BCUT2D eigenvalue weighted by Gasteiger charge is 2.08. The molecule has 1 aromatic carbocycles. The van der Waals surface area contributed by atoms with Gasteiger partial charge in [0.05, 0.1) is 0 Å². The van der Waals surface area contributed by atoms with E-state index in [1.54, 1.807) is 17.4 Å². The van der Waals surface area contributed by atoms with Gasteiger partial charge in [0.1, 0.15) is 6.61 Å². The van der Waals surface area contributed by atoms with E-state index >= 15 is 0 Å². The standard InChI is InChI=1S/C17H22FNOS/c1-3-13(19)9-12-5-8-17(16(18)10-12)20-11-15-7-6-14(4-2)21-15/h5-8,10,13H,3-4,9,11,19H2,1-2H3. The lowest BCUT2D eigenvalue weighted by Gasteiger charge is -2.11. The van der Waals surface area contributed by atoms with Crippen molar-refractivity contribution in [3.05, 3.63) is 51.5 Å². The predicted octanol–water partition coefficient (Wildman–Crippen LogP) is 4.31. The molecule has 0 saturated carbocycles. The third-order valence-corrected chi connectivity index (χ3v) is 4.66. The Kier molecular flexibility index (Phi) is 5.76. The molecule has 2 aromatic rings. The van der Waals surface area contributed by atoms with Crippen LogP contribution in [-0.4, -0.2) is 6.04 Å². The molecule has 0 amide bonds. The van der Waals surface area contributed by atoms with E-state index in [0.717, 1.165) is 23.3 Å². The molecule has 0 saturated heterocycles. The van der Waals surface area contributed by atoms with Gasteiger partial charge in [-0.25, -0.2) is 4.39 Å². The fourth-order valence-corrected chi connectivity index (χ4v) is 2.95. The maximum absolute atomic E-state index is 14.0. The molecule has 1 atom stereocenters. The number of hydrogen-bond acceptors (Lipinski definition) is 3. The minimum atomic E-state index is -0.317. The molecule has 0 spiro atoms. The minimum absolute atomic E-state index is 0.0785. The van der Waals surface area contributed by atoms with Crippen LogP contribution in [0.15, 0.2) is 30.3 Å². The van der Waals surface area contributed by atoms with E-state index in [1.807, 2.05) is 19.1 Å². The molecule has 4 heteroatoms. The van der Waals surface area contributed by atoms with E-state index in [-0.39, 0.29) is 11.9 Å². The van der Waals surface area contributed by atoms with Crippen LogP contribution in [0.25, 0.3) is 0 Å². The van der Waals surface area contributed by atoms with E-state index in [0.29, 0.717) is 18.8 Å². The largest absolute Gasteiger partial charge is 0.485 e. The Morgan fingerprint density at radius 3 is 2.57 bits per heavy atom. The molecular weight excluding hydrogens is 285 g/mol. The van der Waals surface area contributed by atoms with Crippen LogP contribution in [-0.2, 0) is 19.4 Å². The van der Waals surface area contributed by atoms with Gasteiger partial charge >= 0.3 is 0 Å². The second-order valence-corrected chi connectivity index (χ2v) is 6.40. The van der Waals surface area contributed by atoms with Gasteiger partial charge in [-0.1, -0.05) is 19.9 Å². The van der Waals surface area contributed by atoms with E-state index < -0.39 is 0 Å². The number of nitrogens with two attached hydrogens (primary N) is 1. The molecule has 1 unspecified atom stereocenters. The first-order chi connectivity index (χ1) is 10.1. The fourth-order valence-electron chi connectivity index (χ4n) is 2.07. The summed E-state index contributed by atoms with van der Waals surface area (Å²) in [5, 5.41) is 0. The Balaban J connectivity index is 1.97. The van der Waals surface area contributed by atoms with Gasteiger partial charge < -0.3 is 10.5 Å². The van der Waals surface area contributed by atoms with Gasteiger partial charge in [-0.2, -0.15) is 0 Å². The second-order valence-electron chi connectivity index (χ2n) is 5.15. The SMILES string of the molecule is CCc1ccc(COc2ccc(CC(N)CC)cc2F)s1. The Morgan fingerprint density at radius 2 is 1.95 bits per heavy atom. The van der Waals surface area contributed by atoms with Crippen LogP contribution in [0, 0.1) is 5.82 Å². The summed E-state index contributed by atoms with van der Waals surface area (Å²) in [5.74, 6) is -0.0154. The van der Waals surface area contributed by atoms with Crippen molar-refractivity contribution in [2.24, 2.45) is 5.73 Å². The van der Waals surface area contributed by atoms with Gasteiger partial charge in [-0.3, -0.25) is 0 Å². The van der Waals surface area contributed by atoms with Crippen molar-refractivity contribution < 1.29 is 9.13 Å². The van der Waals surface area contributed by atoms with Crippen molar-refractivity contribution in [1.29, 1.82) is 0 Å². The summed E-state index contributed by atoms with van der Waals surface area (Å²) in [5.41, 5.74) is 6.81. The molecule has 2 rings (SSSR count). The minimum Gasteiger partial charge on any atom is -0.485 e. The monoisotopic (exact) mass is 307 g/mol. The van der Waals surface area contributed by atoms with Gasteiger partial charge in [0.2, 0.25) is 0 Å². The number of thiophene rings is 1. The van der Waals surface area contributed by atoms with Crippen LogP contribution in [0.4, 0.5) is 4.39 Å². The molecular formula is C17H22FNOS. The lowest BCUT2D eigenvalue weighted by Crippen LogP contribution is -2.21. The van der Waals surface area contributed by atoms with E-state index in [9.17, 15) is 4.39 Å². The van der Waals surface area contributed by atoms with Gasteiger partial charge in [-0.05, 0) is 49.1 Å². The second kappa shape index (κ2) is 7.57. The van der Waals surface area contributed by atoms with E-state index in [4.69, 9.17) is 10.5 Å². The molecule has 1 aromatic heterocycles. The average Bonchev–Trinajstić information content (AvgIpc) is 2.94. The molecule has 0 aliphatic rings. The first kappa shape index (κ1) is 16.0. The molecule has 1 heterocycles. The van der Waals surface area contributed by atoms with Gasteiger partial charge in [0.15, 0.2) is 11.6 Å². The average molecular weight is 307 g/mol. The quantitative estimate of drug-likeness (QED) is 0.827. The first-order valence-electron chi connectivity index (χ1n) is 7.36.